The molecule has 0 heterocycles. The van der Waals surface area contributed by atoms with E-state index in [1.54, 1.807) is 0 Å². The van der Waals surface area contributed by atoms with Crippen molar-refractivity contribution in [1.82, 2.24) is 0 Å². The van der Waals surface area contributed by atoms with E-state index in [1.807, 2.05) is 0 Å². The minimum absolute atomic E-state index is 0. The fourth-order valence-electron chi connectivity index (χ4n) is 0.0942. The van der Waals surface area contributed by atoms with Crippen LogP contribution in [0.25, 0.3) is 0 Å². The van der Waals surface area contributed by atoms with Crippen LogP contribution in [0.2, 0.25) is 0 Å². The Morgan fingerprint density at radius 3 is 2.25 bits per heavy atom. The minimum atomic E-state index is -4.53. The topological polar surface area (TPSA) is 69.6 Å². The SMILES string of the molecule is C=COP(=O)([O-])O.[K+]. The Hall–Kier alpha value is 1.33. The summed E-state index contributed by atoms with van der Waals surface area (Å²) in [4.78, 5) is 17.2. The molecule has 0 aromatic carbocycles. The average molecular weight is 162 g/mol. The Kier molecular flexibility index (Phi) is 7.74. The molecule has 0 fully saturated rings. The summed E-state index contributed by atoms with van der Waals surface area (Å²) in [6, 6.07) is 0. The van der Waals surface area contributed by atoms with Crippen LogP contribution in [0.15, 0.2) is 12.8 Å². The van der Waals surface area contributed by atoms with Crippen LogP contribution in [0.5, 0.6) is 0 Å². The van der Waals surface area contributed by atoms with E-state index in [0.717, 1.165) is 0 Å². The standard InChI is InChI=1S/C2H5O4P.K/c1-2-6-7(3,4)5;/h2H,1H2,(H2,3,4,5);/q;+1/p-1. The minimum Gasteiger partial charge on any atom is -0.746 e. The molecular weight excluding hydrogens is 158 g/mol. The van der Waals surface area contributed by atoms with Gasteiger partial charge in [-0.05, 0) is 0 Å². The first-order valence-corrected chi connectivity index (χ1v) is 2.89. The van der Waals surface area contributed by atoms with Crippen molar-refractivity contribution in [2.45, 2.75) is 0 Å². The summed E-state index contributed by atoms with van der Waals surface area (Å²) in [7, 11) is -4.53. The normalized spacial score (nSPS) is 15.2. The quantitative estimate of drug-likeness (QED) is 0.261. The van der Waals surface area contributed by atoms with Gasteiger partial charge in [0.25, 0.3) is 0 Å². The van der Waals surface area contributed by atoms with Crippen molar-refractivity contribution >= 4 is 7.82 Å². The molecule has 0 bridgehead atoms. The van der Waals surface area contributed by atoms with Crippen molar-refractivity contribution < 1.29 is 70.3 Å². The molecule has 0 aliphatic rings. The van der Waals surface area contributed by atoms with E-state index in [4.69, 9.17) is 4.89 Å². The largest absolute Gasteiger partial charge is 1.00 e. The second-order valence-electron chi connectivity index (χ2n) is 0.741. The monoisotopic (exact) mass is 162 g/mol. The maximum absolute atomic E-state index is 9.52. The Morgan fingerprint density at radius 2 is 2.25 bits per heavy atom. The fraction of sp³-hybridized carbons (Fsp3) is 0. The molecule has 8 heavy (non-hydrogen) atoms. The van der Waals surface area contributed by atoms with Crippen LogP contribution in [-0.4, -0.2) is 4.89 Å². The summed E-state index contributed by atoms with van der Waals surface area (Å²) in [6.45, 7) is 2.89. The van der Waals surface area contributed by atoms with E-state index in [2.05, 4.69) is 11.1 Å². The molecule has 0 amide bonds. The predicted molar refractivity (Wildman–Crippen MR) is 21.1 cm³/mol. The van der Waals surface area contributed by atoms with Crippen LogP contribution in [0.1, 0.15) is 0 Å². The van der Waals surface area contributed by atoms with Gasteiger partial charge in [-0.15, -0.1) is 0 Å². The molecule has 0 radical (unpaired) electrons. The fourth-order valence-corrected chi connectivity index (χ4v) is 0.283. The van der Waals surface area contributed by atoms with Crippen LogP contribution >= 0.6 is 7.82 Å². The van der Waals surface area contributed by atoms with Gasteiger partial charge in [0.1, 0.15) is 0 Å². The van der Waals surface area contributed by atoms with Crippen LogP contribution < -0.4 is 56.3 Å². The van der Waals surface area contributed by atoms with Gasteiger partial charge in [0.15, 0.2) is 0 Å². The Labute approximate surface area is 89.6 Å². The number of rotatable bonds is 2. The molecule has 0 aromatic heterocycles. The molecule has 6 heteroatoms. The van der Waals surface area contributed by atoms with Crippen molar-refractivity contribution in [1.29, 1.82) is 0 Å². The van der Waals surface area contributed by atoms with Crippen molar-refractivity contribution in [3.8, 4) is 0 Å². The summed E-state index contributed by atoms with van der Waals surface area (Å²) < 4.78 is 13.1. The first-order valence-electron chi connectivity index (χ1n) is 1.39. The van der Waals surface area contributed by atoms with Gasteiger partial charge in [0.2, 0.25) is 0 Å². The predicted octanol–water partition coefficient (Wildman–Crippen LogP) is -3.39. The molecule has 1 unspecified atom stereocenters. The maximum Gasteiger partial charge on any atom is 1.00 e. The smallest absolute Gasteiger partial charge is 0.746 e. The average Bonchev–Trinajstić information content (AvgIpc) is 1.30. The van der Waals surface area contributed by atoms with Crippen molar-refractivity contribution in [2.24, 2.45) is 0 Å². The second-order valence-corrected chi connectivity index (χ2v) is 1.89. The molecule has 0 rings (SSSR count). The zero-order valence-electron chi connectivity index (χ0n) is 4.40. The third-order valence-corrected chi connectivity index (χ3v) is 0.623. The summed E-state index contributed by atoms with van der Waals surface area (Å²) in [5.74, 6) is 0. The zero-order valence-corrected chi connectivity index (χ0v) is 8.42. The van der Waals surface area contributed by atoms with Gasteiger partial charge in [0, 0.05) is 0 Å². The van der Waals surface area contributed by atoms with E-state index < -0.39 is 7.82 Å². The Bertz CT molecular complexity index is 107. The van der Waals surface area contributed by atoms with Gasteiger partial charge in [-0.1, -0.05) is 6.58 Å². The van der Waals surface area contributed by atoms with Crippen molar-refractivity contribution in [2.75, 3.05) is 0 Å². The third kappa shape index (κ3) is 10.3. The van der Waals surface area contributed by atoms with Crippen LogP contribution in [-0.2, 0) is 9.09 Å². The summed E-state index contributed by atoms with van der Waals surface area (Å²) in [5.41, 5.74) is 0. The third-order valence-electron chi connectivity index (χ3n) is 0.208. The summed E-state index contributed by atoms with van der Waals surface area (Å²) in [5, 5.41) is 0. The van der Waals surface area contributed by atoms with Gasteiger partial charge in [0.05, 0.1) is 6.26 Å². The van der Waals surface area contributed by atoms with Gasteiger partial charge in [-0.2, -0.15) is 0 Å². The molecule has 0 aromatic rings. The van der Waals surface area contributed by atoms with Crippen LogP contribution in [0, 0.1) is 0 Å². The van der Waals surface area contributed by atoms with Gasteiger partial charge in [-0.25, -0.2) is 0 Å². The number of phosphoric acid groups is 1. The van der Waals surface area contributed by atoms with E-state index in [9.17, 15) is 9.46 Å². The molecule has 42 valence electrons. The molecule has 0 aliphatic carbocycles. The van der Waals surface area contributed by atoms with Crippen molar-refractivity contribution in [3.63, 3.8) is 0 Å². The Balaban J connectivity index is 0. The molecule has 4 nitrogen and oxygen atoms in total. The molecular formula is C2H4KO4P. The first kappa shape index (κ1) is 12.0. The van der Waals surface area contributed by atoms with Crippen LogP contribution in [0.3, 0.4) is 0 Å². The van der Waals surface area contributed by atoms with E-state index in [0.29, 0.717) is 6.26 Å². The first-order chi connectivity index (χ1) is 3.06. The van der Waals surface area contributed by atoms with E-state index in [-0.39, 0.29) is 51.4 Å². The Morgan fingerprint density at radius 1 is 1.88 bits per heavy atom. The maximum atomic E-state index is 9.52. The second kappa shape index (κ2) is 5.14. The molecule has 1 N–H and O–H groups in total. The molecule has 0 spiro atoms. The zero-order chi connectivity index (χ0) is 5.91. The number of hydrogen-bond donors (Lipinski definition) is 1. The van der Waals surface area contributed by atoms with Gasteiger partial charge in [-0.3, -0.25) is 4.57 Å². The van der Waals surface area contributed by atoms with Crippen LogP contribution in [0.4, 0.5) is 0 Å². The summed E-state index contributed by atoms with van der Waals surface area (Å²) >= 11 is 0. The molecule has 0 saturated carbocycles. The van der Waals surface area contributed by atoms with Gasteiger partial charge >= 0.3 is 59.2 Å². The summed E-state index contributed by atoms with van der Waals surface area (Å²) in [6.07, 6.45) is 0.633. The number of phosphoric ester groups is 1. The molecule has 0 saturated heterocycles. The molecule has 0 aliphatic heterocycles. The van der Waals surface area contributed by atoms with E-state index in [1.165, 1.54) is 0 Å². The number of hydrogen-bond acceptors (Lipinski definition) is 3. The van der Waals surface area contributed by atoms with Crippen molar-refractivity contribution in [3.05, 3.63) is 12.8 Å². The van der Waals surface area contributed by atoms with E-state index >= 15 is 0 Å². The molecule has 1 atom stereocenters. The van der Waals surface area contributed by atoms with Gasteiger partial charge < -0.3 is 14.3 Å².